The molecule has 0 radical (unpaired) electrons. The van der Waals surface area contributed by atoms with Crippen LogP contribution in [0.15, 0.2) is 54.6 Å². The molecule has 0 saturated carbocycles. The minimum atomic E-state index is -0.296. The van der Waals surface area contributed by atoms with Crippen LogP contribution in [0.4, 0.5) is 4.39 Å². The summed E-state index contributed by atoms with van der Waals surface area (Å²) in [6.45, 7) is 2.68. The molecule has 2 aromatic rings. The first-order chi connectivity index (χ1) is 10.7. The van der Waals surface area contributed by atoms with E-state index < -0.39 is 0 Å². The second-order valence-electron chi connectivity index (χ2n) is 6.17. The summed E-state index contributed by atoms with van der Waals surface area (Å²) in [5.41, 5.74) is 2.26. The van der Waals surface area contributed by atoms with Crippen molar-refractivity contribution in [2.75, 3.05) is 13.1 Å². The molecule has 1 fully saturated rings. The molecule has 2 nitrogen and oxygen atoms in total. The maximum Gasteiger partial charge on any atom is 0.123 e. The lowest BCUT2D eigenvalue weighted by molar-refractivity contribution is 0.0239. The van der Waals surface area contributed by atoms with Crippen LogP contribution in [-0.2, 0) is 13.0 Å². The highest BCUT2D eigenvalue weighted by molar-refractivity contribution is 5.18. The highest BCUT2D eigenvalue weighted by atomic mass is 19.1. The Bertz CT molecular complexity index is 601. The van der Waals surface area contributed by atoms with Crippen LogP contribution in [0, 0.1) is 11.7 Å². The molecule has 3 heteroatoms. The lowest BCUT2D eigenvalue weighted by atomic mass is 9.88. The Kier molecular flexibility index (Phi) is 4.86. The van der Waals surface area contributed by atoms with Gasteiger partial charge in [-0.1, -0.05) is 42.5 Å². The van der Waals surface area contributed by atoms with Crippen LogP contribution in [-0.4, -0.2) is 29.2 Å². The van der Waals surface area contributed by atoms with Crippen molar-refractivity contribution in [3.63, 3.8) is 0 Å². The zero-order chi connectivity index (χ0) is 15.4. The first kappa shape index (κ1) is 15.2. The number of likely N-dealkylation sites (tertiary alicyclic amines) is 1. The maximum absolute atomic E-state index is 13.3. The normalized spacial score (nSPS) is 22.6. The molecule has 2 atom stereocenters. The molecule has 0 bridgehead atoms. The van der Waals surface area contributed by atoms with E-state index >= 15 is 0 Å². The molecule has 0 aliphatic carbocycles. The van der Waals surface area contributed by atoms with Gasteiger partial charge in [0, 0.05) is 25.6 Å². The second-order valence-corrected chi connectivity index (χ2v) is 6.17. The smallest absolute Gasteiger partial charge is 0.123 e. The number of nitrogens with zero attached hydrogens (tertiary/aromatic N) is 1. The van der Waals surface area contributed by atoms with E-state index in [4.69, 9.17) is 0 Å². The van der Waals surface area contributed by atoms with Gasteiger partial charge in [-0.05, 0) is 36.1 Å². The molecule has 116 valence electrons. The third-order valence-corrected chi connectivity index (χ3v) is 4.41. The molecule has 0 aromatic heterocycles. The van der Waals surface area contributed by atoms with Gasteiger partial charge in [0.1, 0.15) is 5.82 Å². The summed E-state index contributed by atoms with van der Waals surface area (Å²) in [6, 6.07) is 17.1. The molecule has 1 aliphatic rings. The summed E-state index contributed by atoms with van der Waals surface area (Å²) in [6.07, 6.45) is 1.21. The average Bonchev–Trinajstić information content (AvgIpc) is 2.52. The van der Waals surface area contributed by atoms with Gasteiger partial charge in [0.05, 0.1) is 6.10 Å². The van der Waals surface area contributed by atoms with Gasteiger partial charge in [-0.2, -0.15) is 0 Å². The van der Waals surface area contributed by atoms with Crippen molar-refractivity contribution in [3.8, 4) is 0 Å². The number of benzene rings is 2. The van der Waals surface area contributed by atoms with E-state index in [1.165, 1.54) is 11.6 Å². The quantitative estimate of drug-likeness (QED) is 0.937. The number of hydrogen-bond acceptors (Lipinski definition) is 2. The molecule has 0 spiro atoms. The Labute approximate surface area is 131 Å². The number of halogens is 1. The number of rotatable bonds is 4. The van der Waals surface area contributed by atoms with Crippen molar-refractivity contribution in [3.05, 3.63) is 71.5 Å². The highest BCUT2D eigenvalue weighted by Crippen LogP contribution is 2.23. The summed E-state index contributed by atoms with van der Waals surface area (Å²) in [5.74, 6) is -0.0387. The van der Waals surface area contributed by atoms with Gasteiger partial charge in [0.15, 0.2) is 0 Å². The van der Waals surface area contributed by atoms with Crippen LogP contribution in [0.1, 0.15) is 17.5 Å². The van der Waals surface area contributed by atoms with Crippen LogP contribution in [0.2, 0.25) is 0 Å². The topological polar surface area (TPSA) is 23.5 Å². The van der Waals surface area contributed by atoms with Crippen molar-refractivity contribution in [2.45, 2.75) is 25.5 Å². The van der Waals surface area contributed by atoms with Crippen LogP contribution in [0.3, 0.4) is 0 Å². The predicted molar refractivity (Wildman–Crippen MR) is 85.9 cm³/mol. The van der Waals surface area contributed by atoms with Crippen molar-refractivity contribution in [1.29, 1.82) is 0 Å². The molecule has 1 aliphatic heterocycles. The molecule has 3 rings (SSSR count). The predicted octanol–water partition coefficient (Wildman–Crippen LogP) is 3.25. The highest BCUT2D eigenvalue weighted by Gasteiger charge is 2.27. The van der Waals surface area contributed by atoms with E-state index in [-0.39, 0.29) is 17.8 Å². The fourth-order valence-electron chi connectivity index (χ4n) is 3.25. The number of aliphatic hydroxyl groups excluding tert-OH is 1. The molecule has 22 heavy (non-hydrogen) atoms. The van der Waals surface area contributed by atoms with Crippen molar-refractivity contribution in [2.24, 2.45) is 5.92 Å². The number of piperidine rings is 1. The van der Waals surface area contributed by atoms with Gasteiger partial charge in [-0.3, -0.25) is 4.90 Å². The zero-order valence-corrected chi connectivity index (χ0v) is 12.7. The van der Waals surface area contributed by atoms with Crippen LogP contribution >= 0.6 is 0 Å². The summed E-state index contributed by atoms with van der Waals surface area (Å²) in [5, 5.41) is 10.3. The SMILES string of the molecule is OC1CCN(Cc2ccccc2)CC1Cc1cccc(F)c1. The number of hydrogen-bond donors (Lipinski definition) is 1. The molecule has 1 saturated heterocycles. The van der Waals surface area contributed by atoms with Gasteiger partial charge < -0.3 is 5.11 Å². The minimum Gasteiger partial charge on any atom is -0.393 e. The van der Waals surface area contributed by atoms with Crippen LogP contribution in [0.25, 0.3) is 0 Å². The molecule has 2 aromatic carbocycles. The fourth-order valence-corrected chi connectivity index (χ4v) is 3.25. The number of aliphatic hydroxyl groups is 1. The van der Waals surface area contributed by atoms with Crippen LogP contribution < -0.4 is 0 Å². The van der Waals surface area contributed by atoms with E-state index in [1.807, 2.05) is 12.1 Å². The lowest BCUT2D eigenvalue weighted by Gasteiger charge is -2.36. The Morgan fingerprint density at radius 1 is 1.05 bits per heavy atom. The Morgan fingerprint density at radius 2 is 1.82 bits per heavy atom. The largest absolute Gasteiger partial charge is 0.393 e. The molecule has 2 unspecified atom stereocenters. The minimum absolute atomic E-state index is 0.166. The van der Waals surface area contributed by atoms with Gasteiger partial charge in [-0.15, -0.1) is 0 Å². The van der Waals surface area contributed by atoms with Gasteiger partial charge in [-0.25, -0.2) is 4.39 Å². The first-order valence-corrected chi connectivity index (χ1v) is 7.89. The van der Waals surface area contributed by atoms with Crippen molar-refractivity contribution in [1.82, 2.24) is 4.90 Å². The maximum atomic E-state index is 13.3. The third kappa shape index (κ3) is 3.93. The summed E-state index contributed by atoms with van der Waals surface area (Å²) in [7, 11) is 0. The van der Waals surface area contributed by atoms with Gasteiger partial charge in [0.2, 0.25) is 0 Å². The van der Waals surface area contributed by atoms with Gasteiger partial charge in [0.25, 0.3) is 0 Å². The summed E-state index contributed by atoms with van der Waals surface area (Å²) >= 11 is 0. The molecule has 1 N–H and O–H groups in total. The Morgan fingerprint density at radius 3 is 2.59 bits per heavy atom. The Balaban J connectivity index is 1.63. The third-order valence-electron chi connectivity index (χ3n) is 4.41. The summed E-state index contributed by atoms with van der Waals surface area (Å²) < 4.78 is 13.3. The van der Waals surface area contributed by atoms with E-state index in [0.29, 0.717) is 0 Å². The molecule has 1 heterocycles. The van der Waals surface area contributed by atoms with Crippen LogP contribution in [0.5, 0.6) is 0 Å². The Hall–Kier alpha value is -1.71. The molecular formula is C19H22FNO. The fraction of sp³-hybridized carbons (Fsp3) is 0.368. The van der Waals surface area contributed by atoms with E-state index in [9.17, 15) is 9.50 Å². The zero-order valence-electron chi connectivity index (χ0n) is 12.7. The lowest BCUT2D eigenvalue weighted by Crippen LogP contribution is -2.43. The average molecular weight is 299 g/mol. The molecule has 0 amide bonds. The van der Waals surface area contributed by atoms with E-state index in [0.717, 1.165) is 38.0 Å². The monoisotopic (exact) mass is 299 g/mol. The van der Waals surface area contributed by atoms with Crippen molar-refractivity contribution >= 4 is 0 Å². The van der Waals surface area contributed by atoms with Crippen molar-refractivity contribution < 1.29 is 9.50 Å². The van der Waals surface area contributed by atoms with E-state index in [2.05, 4.69) is 29.2 Å². The molecular weight excluding hydrogens is 277 g/mol. The second kappa shape index (κ2) is 7.03. The first-order valence-electron chi connectivity index (χ1n) is 7.89. The van der Waals surface area contributed by atoms with Gasteiger partial charge >= 0.3 is 0 Å². The standard InChI is InChI=1S/C19H22FNO/c20-18-8-4-7-16(12-18)11-17-14-21(10-9-19(17)22)13-15-5-2-1-3-6-15/h1-8,12,17,19,22H,9-11,13-14H2. The van der Waals surface area contributed by atoms with E-state index in [1.54, 1.807) is 12.1 Å². The summed E-state index contributed by atoms with van der Waals surface area (Å²) in [4.78, 5) is 2.38.